The molecule has 0 bridgehead atoms. The Balaban J connectivity index is 1.96. The summed E-state index contributed by atoms with van der Waals surface area (Å²) in [6, 6.07) is 14.7. The van der Waals surface area contributed by atoms with Crippen molar-refractivity contribution in [3.05, 3.63) is 58.6 Å². The van der Waals surface area contributed by atoms with Gasteiger partial charge in [0.2, 0.25) is 5.91 Å². The molecule has 0 saturated carbocycles. The Morgan fingerprint density at radius 2 is 2.05 bits per heavy atom. The number of anilines is 2. The summed E-state index contributed by atoms with van der Waals surface area (Å²) in [4.78, 5) is 12.0. The fraction of sp³-hybridized carbons (Fsp3) is 0.176. The Morgan fingerprint density at radius 3 is 2.73 bits per heavy atom. The smallest absolute Gasteiger partial charge is 0.243 e. The molecular weight excluding hydrogens is 298 g/mol. The second-order valence-corrected chi connectivity index (χ2v) is 5.13. The molecule has 0 heterocycles. The fourth-order valence-corrected chi connectivity index (χ4v) is 2.29. The van der Waals surface area contributed by atoms with Crippen molar-refractivity contribution in [2.24, 2.45) is 0 Å². The average Bonchev–Trinajstić information content (AvgIpc) is 2.53. The van der Waals surface area contributed by atoms with E-state index in [1.165, 1.54) is 0 Å². The Kier molecular flexibility index (Phi) is 5.40. The second-order valence-electron chi connectivity index (χ2n) is 4.72. The van der Waals surface area contributed by atoms with E-state index in [0.29, 0.717) is 16.3 Å². The van der Waals surface area contributed by atoms with Crippen LogP contribution in [0.3, 0.4) is 0 Å². The molecule has 0 aromatic heterocycles. The van der Waals surface area contributed by atoms with Crippen molar-refractivity contribution in [3.63, 3.8) is 0 Å². The third kappa shape index (κ3) is 4.00. The van der Waals surface area contributed by atoms with Gasteiger partial charge in [0.05, 0.1) is 17.1 Å². The van der Waals surface area contributed by atoms with E-state index >= 15 is 0 Å². The number of nitrogens with one attached hydrogen (secondary N) is 2. The monoisotopic (exact) mass is 313 g/mol. The van der Waals surface area contributed by atoms with E-state index in [2.05, 4.69) is 17.6 Å². The van der Waals surface area contributed by atoms with Gasteiger partial charge in [-0.3, -0.25) is 4.79 Å². The van der Waals surface area contributed by atoms with Crippen LogP contribution in [0.15, 0.2) is 42.5 Å². The molecule has 4 nitrogen and oxygen atoms in total. The summed E-state index contributed by atoms with van der Waals surface area (Å²) in [6.07, 6.45) is 0.899. The van der Waals surface area contributed by atoms with Crippen molar-refractivity contribution < 1.29 is 4.79 Å². The highest BCUT2D eigenvalue weighted by Crippen LogP contribution is 2.20. The lowest BCUT2D eigenvalue weighted by atomic mass is 10.1. The SMILES string of the molecule is CCc1ccccc1NCC(=O)Nc1ccc(C#N)c(Cl)c1. The molecule has 5 heteroatoms. The first-order valence-corrected chi connectivity index (χ1v) is 7.33. The molecular formula is C17H16ClN3O. The van der Waals surface area contributed by atoms with Gasteiger partial charge >= 0.3 is 0 Å². The lowest BCUT2D eigenvalue weighted by Gasteiger charge is -2.11. The predicted octanol–water partition coefficient (Wildman–Crippen LogP) is 3.82. The Bertz CT molecular complexity index is 722. The lowest BCUT2D eigenvalue weighted by Crippen LogP contribution is -2.22. The third-order valence-corrected chi connectivity index (χ3v) is 3.52. The zero-order valence-electron chi connectivity index (χ0n) is 12.2. The van der Waals surface area contributed by atoms with Gasteiger partial charge in [0.25, 0.3) is 0 Å². The van der Waals surface area contributed by atoms with E-state index in [9.17, 15) is 4.79 Å². The maximum absolute atomic E-state index is 12.0. The van der Waals surface area contributed by atoms with Crippen LogP contribution >= 0.6 is 11.6 Å². The van der Waals surface area contributed by atoms with Crippen LogP contribution in [0.5, 0.6) is 0 Å². The minimum atomic E-state index is -0.174. The molecule has 2 aromatic rings. The number of nitrogens with zero attached hydrogens (tertiary/aromatic N) is 1. The van der Waals surface area contributed by atoms with E-state index in [-0.39, 0.29) is 12.5 Å². The number of rotatable bonds is 5. The highest BCUT2D eigenvalue weighted by molar-refractivity contribution is 6.32. The standard InChI is InChI=1S/C17H16ClN3O/c1-2-12-5-3-4-6-16(12)20-11-17(22)21-14-8-7-13(10-19)15(18)9-14/h3-9,20H,2,11H2,1H3,(H,21,22). The van der Waals surface area contributed by atoms with E-state index in [0.717, 1.165) is 17.7 Å². The van der Waals surface area contributed by atoms with Crippen LogP contribution in [0.1, 0.15) is 18.1 Å². The summed E-state index contributed by atoms with van der Waals surface area (Å²) < 4.78 is 0. The maximum Gasteiger partial charge on any atom is 0.243 e. The summed E-state index contributed by atoms with van der Waals surface area (Å²) in [7, 11) is 0. The number of hydrogen-bond acceptors (Lipinski definition) is 3. The molecule has 1 amide bonds. The Hall–Kier alpha value is -2.51. The molecule has 0 aliphatic rings. The van der Waals surface area contributed by atoms with Gasteiger partial charge in [-0.15, -0.1) is 0 Å². The van der Waals surface area contributed by atoms with E-state index in [4.69, 9.17) is 16.9 Å². The minimum absolute atomic E-state index is 0.161. The molecule has 2 N–H and O–H groups in total. The number of hydrogen-bond donors (Lipinski definition) is 2. The van der Waals surface area contributed by atoms with E-state index < -0.39 is 0 Å². The van der Waals surface area contributed by atoms with Gasteiger partial charge in [-0.1, -0.05) is 36.7 Å². The van der Waals surface area contributed by atoms with Crippen LogP contribution in [0.4, 0.5) is 11.4 Å². The third-order valence-electron chi connectivity index (χ3n) is 3.21. The number of benzene rings is 2. The quantitative estimate of drug-likeness (QED) is 0.881. The molecule has 0 fully saturated rings. The van der Waals surface area contributed by atoms with Crippen molar-refractivity contribution in [2.45, 2.75) is 13.3 Å². The summed E-state index contributed by atoms with van der Waals surface area (Å²) in [5, 5.41) is 15.0. The van der Waals surface area contributed by atoms with Crippen LogP contribution in [0.25, 0.3) is 0 Å². The second kappa shape index (κ2) is 7.48. The van der Waals surface area contributed by atoms with Crippen molar-refractivity contribution in [1.82, 2.24) is 0 Å². The number of carbonyl (C=O) groups is 1. The molecule has 0 saturated heterocycles. The molecule has 0 unspecified atom stereocenters. The number of aryl methyl sites for hydroxylation is 1. The van der Waals surface area contributed by atoms with Crippen LogP contribution in [0, 0.1) is 11.3 Å². The summed E-state index contributed by atoms with van der Waals surface area (Å²) >= 11 is 5.94. The lowest BCUT2D eigenvalue weighted by molar-refractivity contribution is -0.114. The average molecular weight is 314 g/mol. The molecule has 0 aliphatic heterocycles. The fourth-order valence-electron chi connectivity index (χ4n) is 2.07. The summed E-state index contributed by atoms with van der Waals surface area (Å²) in [6.45, 7) is 2.23. The molecule has 0 spiro atoms. The molecule has 0 radical (unpaired) electrons. The molecule has 112 valence electrons. The summed E-state index contributed by atoms with van der Waals surface area (Å²) in [5.41, 5.74) is 3.07. The normalized spacial score (nSPS) is 9.86. The molecule has 0 atom stereocenters. The zero-order valence-corrected chi connectivity index (χ0v) is 12.9. The van der Waals surface area contributed by atoms with Gasteiger partial charge in [0.1, 0.15) is 6.07 Å². The van der Waals surface area contributed by atoms with E-state index in [1.54, 1.807) is 18.2 Å². The highest BCUT2D eigenvalue weighted by atomic mass is 35.5. The van der Waals surface area contributed by atoms with Crippen LogP contribution in [-0.4, -0.2) is 12.5 Å². The van der Waals surface area contributed by atoms with Crippen LogP contribution in [-0.2, 0) is 11.2 Å². The highest BCUT2D eigenvalue weighted by Gasteiger charge is 2.06. The van der Waals surface area contributed by atoms with Gasteiger partial charge in [0.15, 0.2) is 0 Å². The van der Waals surface area contributed by atoms with Crippen LogP contribution in [0.2, 0.25) is 5.02 Å². The molecule has 2 rings (SSSR count). The number of para-hydroxylation sites is 1. The number of amides is 1. The largest absolute Gasteiger partial charge is 0.376 e. The molecule has 2 aromatic carbocycles. The first kappa shape index (κ1) is 15.9. The van der Waals surface area contributed by atoms with Crippen molar-refractivity contribution in [1.29, 1.82) is 5.26 Å². The minimum Gasteiger partial charge on any atom is -0.376 e. The molecule has 0 aliphatic carbocycles. The van der Waals surface area contributed by atoms with Gasteiger partial charge in [-0.2, -0.15) is 5.26 Å². The van der Waals surface area contributed by atoms with Crippen molar-refractivity contribution in [2.75, 3.05) is 17.2 Å². The Morgan fingerprint density at radius 1 is 1.27 bits per heavy atom. The maximum atomic E-state index is 12.0. The topological polar surface area (TPSA) is 64.9 Å². The van der Waals surface area contributed by atoms with Crippen molar-refractivity contribution >= 4 is 28.9 Å². The van der Waals surface area contributed by atoms with Crippen molar-refractivity contribution in [3.8, 4) is 6.07 Å². The number of halogens is 1. The first-order valence-electron chi connectivity index (χ1n) is 6.95. The Labute approximate surface area is 134 Å². The van der Waals surface area contributed by atoms with Gasteiger partial charge in [-0.25, -0.2) is 0 Å². The summed E-state index contributed by atoms with van der Waals surface area (Å²) in [5.74, 6) is -0.174. The van der Waals surface area contributed by atoms with Gasteiger partial charge in [-0.05, 0) is 36.2 Å². The first-order chi connectivity index (χ1) is 10.6. The molecule has 22 heavy (non-hydrogen) atoms. The number of carbonyl (C=O) groups excluding carboxylic acids is 1. The number of nitriles is 1. The van der Waals surface area contributed by atoms with Gasteiger partial charge < -0.3 is 10.6 Å². The van der Waals surface area contributed by atoms with E-state index in [1.807, 2.05) is 30.3 Å². The predicted molar refractivity (Wildman–Crippen MR) is 89.1 cm³/mol. The van der Waals surface area contributed by atoms with Crippen LogP contribution < -0.4 is 10.6 Å². The van der Waals surface area contributed by atoms with Gasteiger partial charge in [0, 0.05) is 11.4 Å². The zero-order chi connectivity index (χ0) is 15.9.